The molecule has 0 saturated heterocycles. The molecule has 0 fully saturated rings. The van der Waals surface area contributed by atoms with Crippen LogP contribution in [0.3, 0.4) is 0 Å². The molecule has 1 aromatic rings. The summed E-state index contributed by atoms with van der Waals surface area (Å²) in [6.45, 7) is 11.8. The number of aliphatic hydroxyl groups excluding tert-OH is 1. The lowest BCUT2D eigenvalue weighted by Gasteiger charge is -2.18. The van der Waals surface area contributed by atoms with Gasteiger partial charge in [0.1, 0.15) is 5.75 Å². The molecule has 3 N–H and O–H groups in total. The zero-order valence-electron chi connectivity index (χ0n) is 17.3. The molecule has 6 heteroatoms. The molecule has 0 spiro atoms. The lowest BCUT2D eigenvalue weighted by molar-refractivity contribution is 0.251. The summed E-state index contributed by atoms with van der Waals surface area (Å²) in [4.78, 5) is 4.67. The lowest BCUT2D eigenvalue weighted by Crippen LogP contribution is -2.40. The maximum absolute atomic E-state index is 9.19. The van der Waals surface area contributed by atoms with E-state index in [1.807, 2.05) is 12.1 Å². The van der Waals surface area contributed by atoms with Gasteiger partial charge in [-0.25, -0.2) is 4.99 Å². The molecule has 0 saturated carbocycles. The monoisotopic (exact) mass is 491 g/mol. The molecule has 1 atom stereocenters. The van der Waals surface area contributed by atoms with E-state index in [0.717, 1.165) is 56.2 Å². The van der Waals surface area contributed by atoms with Crippen LogP contribution in [0, 0.1) is 11.8 Å². The molecule has 1 unspecified atom stereocenters. The Labute approximate surface area is 182 Å². The van der Waals surface area contributed by atoms with Crippen LogP contribution in [0.15, 0.2) is 29.3 Å². The van der Waals surface area contributed by atoms with Crippen LogP contribution in [-0.2, 0) is 6.54 Å². The van der Waals surface area contributed by atoms with E-state index in [1.165, 1.54) is 0 Å². The van der Waals surface area contributed by atoms with Crippen LogP contribution in [-0.4, -0.2) is 37.4 Å². The number of guanidine groups is 1. The highest BCUT2D eigenvalue weighted by Crippen LogP contribution is 2.14. The van der Waals surface area contributed by atoms with Crippen molar-refractivity contribution in [2.45, 2.75) is 53.5 Å². The highest BCUT2D eigenvalue weighted by atomic mass is 127. The molecule has 0 aromatic heterocycles. The Bertz CT molecular complexity index is 501. The van der Waals surface area contributed by atoms with Gasteiger partial charge in [-0.2, -0.15) is 0 Å². The number of nitrogens with one attached hydrogen (secondary N) is 2. The van der Waals surface area contributed by atoms with Gasteiger partial charge in [0.15, 0.2) is 5.96 Å². The van der Waals surface area contributed by atoms with Crippen molar-refractivity contribution in [3.63, 3.8) is 0 Å². The molecule has 0 radical (unpaired) electrons. The van der Waals surface area contributed by atoms with Gasteiger partial charge in [-0.1, -0.05) is 39.3 Å². The number of ether oxygens (including phenoxy) is 1. The van der Waals surface area contributed by atoms with Gasteiger partial charge in [0.2, 0.25) is 0 Å². The van der Waals surface area contributed by atoms with Crippen molar-refractivity contribution in [3.8, 4) is 5.75 Å². The molecule has 1 rings (SSSR count). The van der Waals surface area contributed by atoms with Gasteiger partial charge < -0.3 is 20.5 Å². The van der Waals surface area contributed by atoms with Crippen LogP contribution in [0.25, 0.3) is 0 Å². The minimum atomic E-state index is 0. The predicted octanol–water partition coefficient (Wildman–Crippen LogP) is 4.19. The average Bonchev–Trinajstić information content (AvgIpc) is 2.63. The van der Waals surface area contributed by atoms with E-state index < -0.39 is 0 Å². The largest absolute Gasteiger partial charge is 0.493 e. The summed E-state index contributed by atoms with van der Waals surface area (Å²) in [5.74, 6) is 2.73. The minimum Gasteiger partial charge on any atom is -0.493 e. The Kier molecular flexibility index (Phi) is 15.4. The molecule has 0 aliphatic rings. The minimum absolute atomic E-state index is 0. The van der Waals surface area contributed by atoms with E-state index in [2.05, 4.69) is 55.5 Å². The zero-order chi connectivity index (χ0) is 19.2. The second-order valence-corrected chi connectivity index (χ2v) is 7.09. The second kappa shape index (κ2) is 16.0. The molecule has 1 aromatic carbocycles. The van der Waals surface area contributed by atoms with Gasteiger partial charge in [0, 0.05) is 19.7 Å². The molecule has 0 amide bonds. The second-order valence-electron chi connectivity index (χ2n) is 7.09. The predicted molar refractivity (Wildman–Crippen MR) is 125 cm³/mol. The van der Waals surface area contributed by atoms with Crippen molar-refractivity contribution >= 4 is 29.9 Å². The fourth-order valence-corrected chi connectivity index (χ4v) is 2.65. The number of hydrogen-bond acceptors (Lipinski definition) is 3. The standard InChI is InChI=1S/C21H37N3O2.HI/c1-5-7-18(12-13-25)14-23-21(22-6-2)24-15-19-8-10-20(11-9-19)26-16-17(3)4;/h8-11,17-18,25H,5-7,12-16H2,1-4H3,(H2,22,23,24);1H. The van der Waals surface area contributed by atoms with Gasteiger partial charge in [-0.3, -0.25) is 0 Å². The summed E-state index contributed by atoms with van der Waals surface area (Å²) in [6, 6.07) is 8.14. The first-order chi connectivity index (χ1) is 12.6. The SMILES string of the molecule is CCCC(CCO)CNC(=NCc1ccc(OCC(C)C)cc1)NCC.I. The first-order valence-electron chi connectivity index (χ1n) is 9.93. The zero-order valence-corrected chi connectivity index (χ0v) is 19.7. The van der Waals surface area contributed by atoms with Crippen LogP contribution in [0.4, 0.5) is 0 Å². The molecule has 0 heterocycles. The highest BCUT2D eigenvalue weighted by Gasteiger charge is 2.08. The smallest absolute Gasteiger partial charge is 0.191 e. The Hall–Kier alpha value is -1.02. The number of nitrogens with zero attached hydrogens (tertiary/aromatic N) is 1. The van der Waals surface area contributed by atoms with Crippen LogP contribution in [0.1, 0.15) is 52.5 Å². The van der Waals surface area contributed by atoms with Gasteiger partial charge in [0.05, 0.1) is 13.2 Å². The average molecular weight is 491 g/mol. The Balaban J connectivity index is 0.00000676. The van der Waals surface area contributed by atoms with Gasteiger partial charge in [-0.15, -0.1) is 24.0 Å². The van der Waals surface area contributed by atoms with Gasteiger partial charge in [-0.05, 0) is 49.3 Å². The Morgan fingerprint density at radius 1 is 1.11 bits per heavy atom. The molecular formula is C21H38IN3O2. The fraction of sp³-hybridized carbons (Fsp3) is 0.667. The number of benzene rings is 1. The molecule has 0 aliphatic carbocycles. The van der Waals surface area contributed by atoms with Crippen molar-refractivity contribution in [2.75, 3.05) is 26.3 Å². The van der Waals surface area contributed by atoms with Gasteiger partial charge in [0.25, 0.3) is 0 Å². The molecular weight excluding hydrogens is 453 g/mol. The van der Waals surface area contributed by atoms with Crippen molar-refractivity contribution in [2.24, 2.45) is 16.8 Å². The maximum atomic E-state index is 9.19. The van der Waals surface area contributed by atoms with Crippen molar-refractivity contribution in [1.29, 1.82) is 0 Å². The maximum Gasteiger partial charge on any atom is 0.191 e. The number of aliphatic hydroxyl groups is 1. The quantitative estimate of drug-likeness (QED) is 0.233. The normalized spacial score (nSPS) is 12.4. The number of hydrogen-bond donors (Lipinski definition) is 3. The van der Waals surface area contributed by atoms with E-state index in [1.54, 1.807) is 0 Å². The topological polar surface area (TPSA) is 65.9 Å². The number of rotatable bonds is 12. The Morgan fingerprint density at radius 3 is 2.37 bits per heavy atom. The van der Waals surface area contributed by atoms with Crippen molar-refractivity contribution in [1.82, 2.24) is 10.6 Å². The van der Waals surface area contributed by atoms with E-state index >= 15 is 0 Å². The highest BCUT2D eigenvalue weighted by molar-refractivity contribution is 14.0. The Morgan fingerprint density at radius 2 is 1.81 bits per heavy atom. The van der Waals surface area contributed by atoms with Crippen LogP contribution < -0.4 is 15.4 Å². The summed E-state index contributed by atoms with van der Waals surface area (Å²) in [5, 5.41) is 15.9. The van der Waals surface area contributed by atoms with Crippen LogP contribution >= 0.6 is 24.0 Å². The molecule has 0 bridgehead atoms. The van der Waals surface area contributed by atoms with Crippen LogP contribution in [0.5, 0.6) is 5.75 Å². The first kappa shape index (κ1) is 26.0. The lowest BCUT2D eigenvalue weighted by atomic mass is 10.0. The third-order valence-electron chi connectivity index (χ3n) is 4.06. The summed E-state index contributed by atoms with van der Waals surface area (Å²) < 4.78 is 5.72. The molecule has 5 nitrogen and oxygen atoms in total. The number of aliphatic imine (C=N–C) groups is 1. The third kappa shape index (κ3) is 12.1. The molecule has 27 heavy (non-hydrogen) atoms. The summed E-state index contributed by atoms with van der Waals surface area (Å²) in [5.41, 5.74) is 1.15. The van der Waals surface area contributed by atoms with Gasteiger partial charge >= 0.3 is 0 Å². The third-order valence-corrected chi connectivity index (χ3v) is 4.06. The van der Waals surface area contributed by atoms with Crippen molar-refractivity contribution in [3.05, 3.63) is 29.8 Å². The van der Waals surface area contributed by atoms with E-state index in [9.17, 15) is 5.11 Å². The summed E-state index contributed by atoms with van der Waals surface area (Å²) in [6.07, 6.45) is 3.08. The van der Waals surface area contributed by atoms with Crippen molar-refractivity contribution < 1.29 is 9.84 Å². The van der Waals surface area contributed by atoms with E-state index in [4.69, 9.17) is 4.74 Å². The molecule has 156 valence electrons. The van der Waals surface area contributed by atoms with E-state index in [0.29, 0.717) is 18.4 Å². The molecule has 0 aliphatic heterocycles. The number of halogens is 1. The van der Waals surface area contributed by atoms with Crippen LogP contribution in [0.2, 0.25) is 0 Å². The summed E-state index contributed by atoms with van der Waals surface area (Å²) in [7, 11) is 0. The summed E-state index contributed by atoms with van der Waals surface area (Å²) >= 11 is 0. The first-order valence-corrected chi connectivity index (χ1v) is 9.93. The van der Waals surface area contributed by atoms with E-state index in [-0.39, 0.29) is 30.6 Å². The fourth-order valence-electron chi connectivity index (χ4n) is 2.65.